The van der Waals surface area contributed by atoms with E-state index < -0.39 is 17.9 Å². The highest BCUT2D eigenvalue weighted by Gasteiger charge is 2.14. The first-order chi connectivity index (χ1) is 8.49. The molecule has 0 rings (SSSR count). The quantitative estimate of drug-likeness (QED) is 0.483. The molecule has 18 heavy (non-hydrogen) atoms. The SMILES string of the molecule is CCOC(=O)CCC(=O)NCC(CO)CC(=O)O. The van der Waals surface area contributed by atoms with Gasteiger partial charge in [0.1, 0.15) is 0 Å². The van der Waals surface area contributed by atoms with Crippen LogP contribution in [0.5, 0.6) is 0 Å². The van der Waals surface area contributed by atoms with Crippen molar-refractivity contribution in [3.8, 4) is 0 Å². The number of rotatable bonds is 9. The molecule has 0 bridgehead atoms. The second kappa shape index (κ2) is 9.41. The lowest BCUT2D eigenvalue weighted by molar-refractivity contribution is -0.144. The minimum Gasteiger partial charge on any atom is -0.481 e. The van der Waals surface area contributed by atoms with Gasteiger partial charge >= 0.3 is 11.9 Å². The molecule has 3 N–H and O–H groups in total. The molecule has 1 atom stereocenters. The van der Waals surface area contributed by atoms with Gasteiger partial charge in [-0.25, -0.2) is 0 Å². The van der Waals surface area contributed by atoms with Gasteiger partial charge in [-0.2, -0.15) is 0 Å². The van der Waals surface area contributed by atoms with Crippen LogP contribution in [0.2, 0.25) is 0 Å². The average Bonchev–Trinajstić information content (AvgIpc) is 2.31. The summed E-state index contributed by atoms with van der Waals surface area (Å²) in [6, 6.07) is 0. The van der Waals surface area contributed by atoms with Crippen LogP contribution in [-0.2, 0) is 19.1 Å². The number of aliphatic hydroxyl groups excluding tert-OH is 1. The molecule has 0 aromatic rings. The highest BCUT2D eigenvalue weighted by atomic mass is 16.5. The minimum absolute atomic E-state index is 0.00987. The maximum Gasteiger partial charge on any atom is 0.306 e. The number of hydrogen-bond acceptors (Lipinski definition) is 5. The number of ether oxygens (including phenoxy) is 1. The van der Waals surface area contributed by atoms with Gasteiger partial charge in [-0.15, -0.1) is 0 Å². The third-order valence-electron chi connectivity index (χ3n) is 2.17. The van der Waals surface area contributed by atoms with Crippen molar-refractivity contribution in [1.29, 1.82) is 0 Å². The summed E-state index contributed by atoms with van der Waals surface area (Å²) >= 11 is 0. The molecule has 0 spiro atoms. The van der Waals surface area contributed by atoms with Crippen molar-refractivity contribution in [2.24, 2.45) is 5.92 Å². The Hall–Kier alpha value is -1.63. The number of carboxylic acid groups (broad SMARTS) is 1. The molecule has 0 aliphatic carbocycles. The highest BCUT2D eigenvalue weighted by Crippen LogP contribution is 2.01. The molecule has 1 amide bonds. The zero-order valence-corrected chi connectivity index (χ0v) is 10.3. The van der Waals surface area contributed by atoms with Crippen LogP contribution >= 0.6 is 0 Å². The van der Waals surface area contributed by atoms with Gasteiger partial charge in [0.05, 0.1) is 19.4 Å². The Labute approximate surface area is 105 Å². The number of hydrogen-bond donors (Lipinski definition) is 3. The van der Waals surface area contributed by atoms with Crippen LogP contribution in [0, 0.1) is 5.92 Å². The van der Waals surface area contributed by atoms with Crippen molar-refractivity contribution in [2.45, 2.75) is 26.2 Å². The first kappa shape index (κ1) is 16.4. The van der Waals surface area contributed by atoms with Crippen LogP contribution in [0.15, 0.2) is 0 Å². The van der Waals surface area contributed by atoms with E-state index in [0.717, 1.165) is 0 Å². The Morgan fingerprint density at radius 3 is 2.44 bits per heavy atom. The summed E-state index contributed by atoms with van der Waals surface area (Å²) in [5, 5.41) is 19.9. The van der Waals surface area contributed by atoms with Crippen LogP contribution < -0.4 is 5.32 Å². The number of amides is 1. The van der Waals surface area contributed by atoms with E-state index in [1.165, 1.54) is 0 Å². The first-order valence-electron chi connectivity index (χ1n) is 5.74. The lowest BCUT2D eigenvalue weighted by Gasteiger charge is -2.12. The molecule has 0 aliphatic heterocycles. The molecule has 0 saturated carbocycles. The molecule has 0 aliphatic rings. The normalized spacial score (nSPS) is 11.7. The Morgan fingerprint density at radius 1 is 1.28 bits per heavy atom. The molecule has 7 nitrogen and oxygen atoms in total. The number of aliphatic hydroxyl groups is 1. The van der Waals surface area contributed by atoms with E-state index >= 15 is 0 Å². The molecule has 0 aromatic carbocycles. The van der Waals surface area contributed by atoms with Crippen molar-refractivity contribution in [2.75, 3.05) is 19.8 Å². The smallest absolute Gasteiger partial charge is 0.306 e. The van der Waals surface area contributed by atoms with E-state index in [9.17, 15) is 14.4 Å². The summed E-state index contributed by atoms with van der Waals surface area (Å²) in [4.78, 5) is 32.7. The lowest BCUT2D eigenvalue weighted by Crippen LogP contribution is -2.32. The predicted molar refractivity (Wildman–Crippen MR) is 61.7 cm³/mol. The molecule has 0 fully saturated rings. The molecule has 0 radical (unpaired) electrons. The summed E-state index contributed by atoms with van der Waals surface area (Å²) in [5.41, 5.74) is 0. The van der Waals surface area contributed by atoms with Gasteiger partial charge in [0.15, 0.2) is 0 Å². The fourth-order valence-electron chi connectivity index (χ4n) is 1.24. The third kappa shape index (κ3) is 8.51. The van der Waals surface area contributed by atoms with E-state index in [1.54, 1.807) is 6.92 Å². The number of esters is 1. The molecule has 1 unspecified atom stereocenters. The second-order valence-corrected chi connectivity index (χ2v) is 3.76. The Bertz CT molecular complexity index is 291. The lowest BCUT2D eigenvalue weighted by atomic mass is 10.1. The van der Waals surface area contributed by atoms with Crippen LogP contribution in [0.25, 0.3) is 0 Å². The Balaban J connectivity index is 3.80. The van der Waals surface area contributed by atoms with E-state index in [0.29, 0.717) is 0 Å². The second-order valence-electron chi connectivity index (χ2n) is 3.76. The maximum atomic E-state index is 11.3. The van der Waals surface area contributed by atoms with Crippen molar-refractivity contribution in [1.82, 2.24) is 5.32 Å². The van der Waals surface area contributed by atoms with Gasteiger partial charge in [-0.1, -0.05) is 0 Å². The third-order valence-corrected chi connectivity index (χ3v) is 2.17. The Kier molecular flexibility index (Phi) is 8.55. The monoisotopic (exact) mass is 261 g/mol. The standard InChI is InChI=1S/C11H19NO6/c1-2-18-11(17)4-3-9(14)12-6-8(7-13)5-10(15)16/h8,13H,2-7H2,1H3,(H,12,14)(H,15,16). The highest BCUT2D eigenvalue weighted by molar-refractivity contribution is 5.81. The number of carboxylic acids is 1. The molecule has 7 heteroatoms. The molecule has 0 aromatic heterocycles. The van der Waals surface area contributed by atoms with E-state index in [-0.39, 0.29) is 44.9 Å². The molecular weight excluding hydrogens is 242 g/mol. The molecule has 104 valence electrons. The number of carbonyl (C=O) groups is 3. The zero-order valence-electron chi connectivity index (χ0n) is 10.3. The van der Waals surface area contributed by atoms with Crippen molar-refractivity contribution in [3.63, 3.8) is 0 Å². The fraction of sp³-hybridized carbons (Fsp3) is 0.727. The maximum absolute atomic E-state index is 11.3. The van der Waals surface area contributed by atoms with E-state index in [2.05, 4.69) is 10.1 Å². The first-order valence-corrected chi connectivity index (χ1v) is 5.74. The van der Waals surface area contributed by atoms with Crippen molar-refractivity contribution in [3.05, 3.63) is 0 Å². The van der Waals surface area contributed by atoms with Crippen molar-refractivity contribution < 1.29 is 29.3 Å². The Morgan fingerprint density at radius 2 is 1.94 bits per heavy atom. The zero-order chi connectivity index (χ0) is 14.0. The summed E-state index contributed by atoms with van der Waals surface area (Å²) in [6.07, 6.45) is -0.235. The van der Waals surface area contributed by atoms with Crippen LogP contribution in [0.1, 0.15) is 26.2 Å². The van der Waals surface area contributed by atoms with Gasteiger partial charge < -0.3 is 20.3 Å². The summed E-state index contributed by atoms with van der Waals surface area (Å²) in [7, 11) is 0. The number of aliphatic carboxylic acids is 1. The summed E-state index contributed by atoms with van der Waals surface area (Å²) in [5.74, 6) is -2.37. The summed E-state index contributed by atoms with van der Waals surface area (Å²) < 4.78 is 4.66. The topological polar surface area (TPSA) is 113 Å². The number of nitrogens with one attached hydrogen (secondary N) is 1. The van der Waals surface area contributed by atoms with Gasteiger partial charge in [-0.05, 0) is 6.92 Å². The van der Waals surface area contributed by atoms with Crippen molar-refractivity contribution >= 4 is 17.8 Å². The predicted octanol–water partition coefficient (Wildman–Crippen LogP) is -0.471. The minimum atomic E-state index is -1.03. The van der Waals surface area contributed by atoms with E-state index in [1.807, 2.05) is 0 Å². The molecular formula is C11H19NO6. The van der Waals surface area contributed by atoms with Gasteiger partial charge in [0.25, 0.3) is 0 Å². The van der Waals surface area contributed by atoms with E-state index in [4.69, 9.17) is 10.2 Å². The largest absolute Gasteiger partial charge is 0.481 e. The number of carbonyl (C=O) groups excluding carboxylic acids is 2. The van der Waals surface area contributed by atoms with Gasteiger partial charge in [-0.3, -0.25) is 14.4 Å². The molecule has 0 saturated heterocycles. The van der Waals surface area contributed by atoms with Crippen LogP contribution in [0.4, 0.5) is 0 Å². The summed E-state index contributed by atoms with van der Waals surface area (Å²) in [6.45, 7) is 1.70. The van der Waals surface area contributed by atoms with Crippen LogP contribution in [-0.4, -0.2) is 47.8 Å². The van der Waals surface area contributed by atoms with Crippen LogP contribution in [0.3, 0.4) is 0 Å². The fourth-order valence-corrected chi connectivity index (χ4v) is 1.24. The van der Waals surface area contributed by atoms with Gasteiger partial charge in [0, 0.05) is 25.5 Å². The molecule has 0 heterocycles. The average molecular weight is 261 g/mol. The van der Waals surface area contributed by atoms with Gasteiger partial charge in [0.2, 0.25) is 5.91 Å².